The number of benzene rings is 1. The third-order valence-corrected chi connectivity index (χ3v) is 5.07. The second kappa shape index (κ2) is 8.43. The van der Waals surface area contributed by atoms with Gasteiger partial charge in [-0.15, -0.1) is 0 Å². The Hall–Kier alpha value is -1.94. The van der Waals surface area contributed by atoms with Crippen LogP contribution in [-0.2, 0) is 4.79 Å². The summed E-state index contributed by atoms with van der Waals surface area (Å²) in [5, 5.41) is 25.8. The fourth-order valence-corrected chi connectivity index (χ4v) is 3.40. The quantitative estimate of drug-likeness (QED) is 0.373. The summed E-state index contributed by atoms with van der Waals surface area (Å²) in [6, 6.07) is 4.19. The molecule has 1 aliphatic heterocycles. The van der Waals surface area contributed by atoms with Gasteiger partial charge in [-0.25, -0.2) is 4.39 Å². The Morgan fingerprint density at radius 2 is 1.96 bits per heavy atom. The van der Waals surface area contributed by atoms with Crippen molar-refractivity contribution in [1.29, 1.82) is 16.2 Å². The largest absolute Gasteiger partial charge is 0.378 e. The number of piperidine rings is 1. The molecule has 2 rings (SSSR count). The second-order valence-electron chi connectivity index (χ2n) is 5.53. The van der Waals surface area contributed by atoms with E-state index in [1.807, 2.05) is 0 Å². The molecule has 0 saturated carbocycles. The smallest absolute Gasteiger partial charge is 0.200 e. The number of carbonyl (C=O) groups excluding carboxylic acids is 1. The number of likely N-dealkylation sites (tertiary alicyclic amines) is 1. The highest BCUT2D eigenvalue weighted by molar-refractivity contribution is 9.10. The zero-order valence-corrected chi connectivity index (χ0v) is 15.6. The van der Waals surface area contributed by atoms with Gasteiger partial charge in [-0.2, -0.15) is 0 Å². The van der Waals surface area contributed by atoms with Gasteiger partial charge in [0.15, 0.2) is 16.2 Å². The Labute approximate surface area is 157 Å². The average Bonchev–Trinajstić information content (AvgIpc) is 2.57. The lowest BCUT2D eigenvalue weighted by Gasteiger charge is -2.32. The van der Waals surface area contributed by atoms with Gasteiger partial charge in [0.25, 0.3) is 0 Å². The molecule has 25 heavy (non-hydrogen) atoms. The molecule has 7 nitrogen and oxygen atoms in total. The Morgan fingerprint density at radius 1 is 1.32 bits per heavy atom. The molecule has 0 aliphatic carbocycles. The number of nitrogens with two attached hydrogens (primary N) is 1. The summed E-state index contributed by atoms with van der Waals surface area (Å²) in [5.41, 5.74) is 5.73. The van der Waals surface area contributed by atoms with Crippen molar-refractivity contribution >= 4 is 55.3 Å². The lowest BCUT2D eigenvalue weighted by Crippen LogP contribution is -2.41. The maximum absolute atomic E-state index is 13.2. The van der Waals surface area contributed by atoms with Crippen molar-refractivity contribution in [2.75, 3.05) is 18.4 Å². The Morgan fingerprint density at radius 3 is 2.52 bits per heavy atom. The van der Waals surface area contributed by atoms with Gasteiger partial charge in [0, 0.05) is 24.7 Å². The van der Waals surface area contributed by atoms with Crippen molar-refractivity contribution in [2.45, 2.75) is 12.8 Å². The third-order valence-electron chi connectivity index (χ3n) is 3.79. The Kier molecular flexibility index (Phi) is 6.54. The highest BCUT2D eigenvalue weighted by Gasteiger charge is 2.28. The first kappa shape index (κ1) is 19.4. The number of halogens is 2. The van der Waals surface area contributed by atoms with E-state index >= 15 is 0 Å². The van der Waals surface area contributed by atoms with Crippen LogP contribution in [0.5, 0.6) is 0 Å². The topological polar surface area (TPSA) is 130 Å². The van der Waals surface area contributed by atoms with Crippen LogP contribution in [0.4, 0.5) is 10.1 Å². The van der Waals surface area contributed by atoms with Gasteiger partial charge in [-0.05, 0) is 58.7 Å². The van der Waals surface area contributed by atoms with Crippen molar-refractivity contribution in [3.05, 3.63) is 28.5 Å². The Bertz CT molecular complexity index is 720. The van der Waals surface area contributed by atoms with E-state index < -0.39 is 5.82 Å². The molecule has 0 bridgehead atoms. The minimum Gasteiger partial charge on any atom is -0.378 e. The van der Waals surface area contributed by atoms with Gasteiger partial charge in [0.2, 0.25) is 5.78 Å². The zero-order valence-electron chi connectivity index (χ0n) is 13.2. The molecule has 1 aromatic rings. The maximum Gasteiger partial charge on any atom is 0.200 e. The van der Waals surface area contributed by atoms with E-state index in [4.69, 9.17) is 22.0 Å². The standard InChI is InChI=1S/C15H18BrFN6OS/c16-10-7-9(1-2-11(10)17)22-13(18)12(24)8-3-5-23(6-4-8)15(21)25-14(19)20/h1-2,7-8,21H,3-6H2,(H2,18,22)(H3,19,20). The van der Waals surface area contributed by atoms with Crippen LogP contribution in [-0.4, -0.2) is 39.9 Å². The number of hydrogen-bond donors (Lipinski definition) is 5. The number of thioether (sulfide) groups is 1. The first-order chi connectivity index (χ1) is 11.8. The average molecular weight is 429 g/mol. The SMILES string of the molecule is N=C(N)SC(=N)N1CCC(C(=O)C(=N)Nc2ccc(F)c(Br)c2)CC1. The van der Waals surface area contributed by atoms with Gasteiger partial charge in [0.05, 0.1) is 4.47 Å². The lowest BCUT2D eigenvalue weighted by molar-refractivity contribution is -0.117. The van der Waals surface area contributed by atoms with Gasteiger partial charge in [-0.3, -0.25) is 21.0 Å². The van der Waals surface area contributed by atoms with E-state index in [1.54, 1.807) is 4.90 Å². The van der Waals surface area contributed by atoms with Crippen LogP contribution in [0.15, 0.2) is 22.7 Å². The number of carbonyl (C=O) groups is 1. The second-order valence-corrected chi connectivity index (χ2v) is 7.41. The van der Waals surface area contributed by atoms with E-state index in [1.165, 1.54) is 18.2 Å². The zero-order chi connectivity index (χ0) is 18.6. The van der Waals surface area contributed by atoms with Crippen LogP contribution >= 0.6 is 27.7 Å². The van der Waals surface area contributed by atoms with Gasteiger partial charge in [-0.1, -0.05) is 0 Å². The fraction of sp³-hybridized carbons (Fsp3) is 0.333. The molecular weight excluding hydrogens is 411 g/mol. The van der Waals surface area contributed by atoms with E-state index in [2.05, 4.69) is 21.2 Å². The highest BCUT2D eigenvalue weighted by Crippen LogP contribution is 2.23. The normalized spacial score (nSPS) is 14.9. The molecule has 0 amide bonds. The third kappa shape index (κ3) is 5.27. The van der Waals surface area contributed by atoms with E-state index in [0.717, 1.165) is 11.8 Å². The van der Waals surface area contributed by atoms with Crippen LogP contribution in [0.1, 0.15) is 12.8 Å². The van der Waals surface area contributed by atoms with Gasteiger partial charge < -0.3 is 16.0 Å². The number of Topliss-reactive ketones (excluding diaryl/α,β-unsaturated/α-hetero) is 1. The highest BCUT2D eigenvalue weighted by atomic mass is 79.9. The number of nitrogens with zero attached hydrogens (tertiary/aromatic N) is 1. The van der Waals surface area contributed by atoms with E-state index in [-0.39, 0.29) is 32.3 Å². The Balaban J connectivity index is 1.89. The summed E-state index contributed by atoms with van der Waals surface area (Å²) in [4.78, 5) is 14.2. The first-order valence-electron chi connectivity index (χ1n) is 7.48. The van der Waals surface area contributed by atoms with Gasteiger partial charge in [0.1, 0.15) is 5.82 Å². The molecule has 10 heteroatoms. The number of hydrogen-bond acceptors (Lipinski definition) is 5. The van der Waals surface area contributed by atoms with E-state index in [9.17, 15) is 9.18 Å². The van der Waals surface area contributed by atoms with Gasteiger partial charge >= 0.3 is 0 Å². The predicted molar refractivity (Wildman–Crippen MR) is 102 cm³/mol. The van der Waals surface area contributed by atoms with Crippen molar-refractivity contribution in [1.82, 2.24) is 4.90 Å². The van der Waals surface area contributed by atoms with E-state index in [0.29, 0.717) is 31.6 Å². The molecule has 1 aliphatic rings. The monoisotopic (exact) mass is 428 g/mol. The molecule has 134 valence electrons. The summed E-state index contributed by atoms with van der Waals surface area (Å²) in [6.07, 6.45) is 1.05. The molecule has 1 saturated heterocycles. The molecule has 1 heterocycles. The summed E-state index contributed by atoms with van der Waals surface area (Å²) >= 11 is 3.94. The molecule has 0 unspecified atom stereocenters. The number of rotatable bonds is 3. The van der Waals surface area contributed by atoms with Crippen LogP contribution in [0.3, 0.4) is 0 Å². The maximum atomic E-state index is 13.2. The minimum atomic E-state index is -0.415. The summed E-state index contributed by atoms with van der Waals surface area (Å²) in [7, 11) is 0. The molecule has 6 N–H and O–H groups in total. The van der Waals surface area contributed by atoms with Crippen molar-refractivity contribution < 1.29 is 9.18 Å². The number of anilines is 1. The number of ketones is 1. The molecule has 0 atom stereocenters. The molecule has 1 fully saturated rings. The van der Waals surface area contributed by atoms with Crippen LogP contribution in [0.2, 0.25) is 0 Å². The van der Waals surface area contributed by atoms with Crippen LogP contribution in [0.25, 0.3) is 0 Å². The molecule has 0 spiro atoms. The van der Waals surface area contributed by atoms with Crippen molar-refractivity contribution in [2.24, 2.45) is 11.7 Å². The molecule has 1 aromatic carbocycles. The first-order valence-corrected chi connectivity index (χ1v) is 9.09. The summed E-state index contributed by atoms with van der Waals surface area (Å²) in [5.74, 6) is -1.24. The summed E-state index contributed by atoms with van der Waals surface area (Å²) in [6.45, 7) is 1.01. The lowest BCUT2D eigenvalue weighted by atomic mass is 9.92. The van der Waals surface area contributed by atoms with Crippen LogP contribution in [0, 0.1) is 28.0 Å². The minimum absolute atomic E-state index is 0.139. The number of nitrogens with one attached hydrogen (secondary N) is 4. The molecule has 0 aromatic heterocycles. The predicted octanol–water partition coefficient (Wildman–Crippen LogP) is 2.82. The van der Waals surface area contributed by atoms with Crippen LogP contribution < -0.4 is 11.1 Å². The molecular formula is C15H18BrFN6OS. The number of amidine groups is 3. The van der Waals surface area contributed by atoms with Crippen molar-refractivity contribution in [3.63, 3.8) is 0 Å². The summed E-state index contributed by atoms with van der Waals surface area (Å²) < 4.78 is 13.5. The fourth-order valence-electron chi connectivity index (χ4n) is 2.50. The van der Waals surface area contributed by atoms with Crippen molar-refractivity contribution in [3.8, 4) is 0 Å². The molecule has 0 radical (unpaired) electrons.